The minimum Gasteiger partial charge on any atom is -0.389 e. The van der Waals surface area contributed by atoms with Gasteiger partial charge in [0.05, 0.1) is 6.10 Å². The van der Waals surface area contributed by atoms with Crippen molar-refractivity contribution in [1.82, 2.24) is 0 Å². The smallest absolute Gasteiger partial charge is 0.158 e. The van der Waals surface area contributed by atoms with Gasteiger partial charge in [-0.2, -0.15) is 0 Å². The van der Waals surface area contributed by atoms with Crippen molar-refractivity contribution in [2.75, 3.05) is 0 Å². The highest BCUT2D eigenvalue weighted by molar-refractivity contribution is 5.96. The largest absolute Gasteiger partial charge is 0.389 e. The molecule has 0 bridgehead atoms. The van der Waals surface area contributed by atoms with Crippen molar-refractivity contribution in [3.63, 3.8) is 0 Å². The highest BCUT2D eigenvalue weighted by Gasteiger charge is 2.17. The summed E-state index contributed by atoms with van der Waals surface area (Å²) in [5, 5.41) is 9.27. The molecule has 0 unspecified atom stereocenters. The molecule has 1 rings (SSSR count). The predicted molar refractivity (Wildman–Crippen MR) is 47.9 cm³/mol. The molecule has 2 heteroatoms. The zero-order chi connectivity index (χ0) is 8.97. The molecule has 1 aliphatic carbocycles. The number of Topliss-reactive ketones (excluding diaryl/α,β-unsaturated/α-hetero) is 1. The van der Waals surface area contributed by atoms with Crippen molar-refractivity contribution in [1.29, 1.82) is 0 Å². The molecular weight excluding hydrogens is 152 g/mol. The van der Waals surface area contributed by atoms with Crippen LogP contribution in [0.15, 0.2) is 11.6 Å². The second kappa shape index (κ2) is 4.41. The van der Waals surface area contributed by atoms with Crippen LogP contribution >= 0.6 is 0 Å². The summed E-state index contributed by atoms with van der Waals surface area (Å²) in [5.41, 5.74) is 0.843. The van der Waals surface area contributed by atoms with Gasteiger partial charge < -0.3 is 5.11 Å². The van der Waals surface area contributed by atoms with Gasteiger partial charge in [-0.3, -0.25) is 4.79 Å². The molecule has 0 amide bonds. The second-order valence-corrected chi connectivity index (χ2v) is 3.32. The van der Waals surface area contributed by atoms with Crippen LogP contribution in [0.5, 0.6) is 0 Å². The van der Waals surface area contributed by atoms with Gasteiger partial charge in [-0.25, -0.2) is 0 Å². The Bertz CT molecular complexity index is 194. The van der Waals surface area contributed by atoms with Crippen LogP contribution in [0.4, 0.5) is 0 Å². The molecule has 68 valence electrons. The fraction of sp³-hybridized carbons (Fsp3) is 0.700. The van der Waals surface area contributed by atoms with Crippen molar-refractivity contribution in [3.05, 3.63) is 11.6 Å². The summed E-state index contributed by atoms with van der Waals surface area (Å²) in [6.45, 7) is 2.10. The molecule has 0 fully saturated rings. The Labute approximate surface area is 73.3 Å². The fourth-order valence-corrected chi connectivity index (χ4v) is 1.44. The Balaban J connectivity index is 2.52. The van der Waals surface area contributed by atoms with Gasteiger partial charge in [0, 0.05) is 6.42 Å². The van der Waals surface area contributed by atoms with Gasteiger partial charge in [0.15, 0.2) is 5.78 Å². The molecule has 0 radical (unpaired) electrons. The van der Waals surface area contributed by atoms with Crippen molar-refractivity contribution in [2.24, 2.45) is 0 Å². The van der Waals surface area contributed by atoms with Crippen LogP contribution in [-0.4, -0.2) is 17.0 Å². The molecule has 2 nitrogen and oxygen atoms in total. The third-order valence-electron chi connectivity index (χ3n) is 2.22. The van der Waals surface area contributed by atoms with Gasteiger partial charge in [-0.05, 0) is 30.9 Å². The standard InChI is InChI=1S/C10H16O2/c1-2-3-4-8-7-9(11)5-6-10(8)12/h7,9,11H,2-6H2,1H3/t9-/m1/s1. The lowest BCUT2D eigenvalue weighted by molar-refractivity contribution is -0.116. The number of hydrogen-bond acceptors (Lipinski definition) is 2. The zero-order valence-corrected chi connectivity index (χ0v) is 7.55. The number of hydrogen-bond donors (Lipinski definition) is 1. The van der Waals surface area contributed by atoms with Gasteiger partial charge in [0.2, 0.25) is 0 Å². The van der Waals surface area contributed by atoms with Crippen LogP contribution in [0, 0.1) is 0 Å². The molecule has 0 aromatic carbocycles. The highest BCUT2D eigenvalue weighted by atomic mass is 16.3. The molecule has 0 saturated carbocycles. The van der Waals surface area contributed by atoms with Crippen molar-refractivity contribution >= 4 is 5.78 Å². The number of allylic oxidation sites excluding steroid dienone is 1. The summed E-state index contributed by atoms with van der Waals surface area (Å²) in [7, 11) is 0. The van der Waals surface area contributed by atoms with Crippen LogP contribution in [0.3, 0.4) is 0 Å². The number of aliphatic hydroxyl groups is 1. The van der Waals surface area contributed by atoms with E-state index in [9.17, 15) is 9.90 Å². The lowest BCUT2D eigenvalue weighted by Gasteiger charge is -2.15. The maximum Gasteiger partial charge on any atom is 0.158 e. The monoisotopic (exact) mass is 168 g/mol. The molecule has 1 N–H and O–H groups in total. The lowest BCUT2D eigenvalue weighted by atomic mass is 9.93. The topological polar surface area (TPSA) is 37.3 Å². The Morgan fingerprint density at radius 1 is 1.67 bits per heavy atom. The van der Waals surface area contributed by atoms with E-state index in [1.165, 1.54) is 0 Å². The van der Waals surface area contributed by atoms with Crippen molar-refractivity contribution in [3.8, 4) is 0 Å². The number of ketones is 1. The maximum atomic E-state index is 11.3. The average molecular weight is 168 g/mol. The Morgan fingerprint density at radius 2 is 2.42 bits per heavy atom. The number of aliphatic hydroxyl groups excluding tert-OH is 1. The van der Waals surface area contributed by atoms with Gasteiger partial charge in [-0.15, -0.1) is 0 Å². The first-order chi connectivity index (χ1) is 5.74. The second-order valence-electron chi connectivity index (χ2n) is 3.32. The quantitative estimate of drug-likeness (QED) is 0.698. The number of carbonyl (C=O) groups is 1. The Hall–Kier alpha value is -0.630. The number of unbranched alkanes of at least 4 members (excludes halogenated alkanes) is 1. The van der Waals surface area contributed by atoms with Crippen LogP contribution < -0.4 is 0 Å². The lowest BCUT2D eigenvalue weighted by Crippen LogP contribution is -2.17. The normalized spacial score (nSPS) is 24.0. The Kier molecular flexibility index (Phi) is 3.48. The Morgan fingerprint density at radius 3 is 3.08 bits per heavy atom. The molecule has 1 aliphatic rings. The van der Waals surface area contributed by atoms with Gasteiger partial charge in [-0.1, -0.05) is 13.3 Å². The molecule has 1 atom stereocenters. The molecular formula is C10H16O2. The first kappa shape index (κ1) is 9.46. The van der Waals surface area contributed by atoms with Crippen molar-refractivity contribution < 1.29 is 9.90 Å². The predicted octanol–water partition coefficient (Wildman–Crippen LogP) is 1.83. The highest BCUT2D eigenvalue weighted by Crippen LogP contribution is 2.19. The van der Waals surface area contributed by atoms with Crippen LogP contribution in [-0.2, 0) is 4.79 Å². The molecule has 0 aliphatic heterocycles. The number of rotatable bonds is 3. The van der Waals surface area contributed by atoms with E-state index in [2.05, 4.69) is 6.92 Å². The average Bonchev–Trinajstić information content (AvgIpc) is 2.07. The molecule has 0 aromatic heterocycles. The molecule has 12 heavy (non-hydrogen) atoms. The first-order valence-electron chi connectivity index (χ1n) is 4.66. The SMILES string of the molecule is CCCCC1=C[C@H](O)CCC1=O. The summed E-state index contributed by atoms with van der Waals surface area (Å²) in [5.74, 6) is 0.230. The number of carbonyl (C=O) groups excluding carboxylic acids is 1. The zero-order valence-electron chi connectivity index (χ0n) is 7.55. The fourth-order valence-electron chi connectivity index (χ4n) is 1.44. The molecule has 0 heterocycles. The van der Waals surface area contributed by atoms with Crippen LogP contribution in [0.1, 0.15) is 39.0 Å². The third-order valence-corrected chi connectivity index (χ3v) is 2.22. The third kappa shape index (κ3) is 2.45. The molecule has 0 saturated heterocycles. The molecule has 0 aromatic rings. The maximum absolute atomic E-state index is 11.3. The minimum absolute atomic E-state index is 0.230. The van der Waals surface area contributed by atoms with E-state index < -0.39 is 0 Å². The first-order valence-corrected chi connectivity index (χ1v) is 4.66. The summed E-state index contributed by atoms with van der Waals surface area (Å²) in [6, 6.07) is 0. The van der Waals surface area contributed by atoms with Crippen molar-refractivity contribution in [2.45, 2.75) is 45.1 Å². The summed E-state index contributed by atoms with van der Waals surface area (Å²) in [6.07, 6.45) is 5.46. The van der Waals surface area contributed by atoms with E-state index in [4.69, 9.17) is 0 Å². The van der Waals surface area contributed by atoms with E-state index in [0.717, 1.165) is 24.8 Å². The summed E-state index contributed by atoms with van der Waals surface area (Å²) >= 11 is 0. The molecule has 0 spiro atoms. The summed E-state index contributed by atoms with van der Waals surface area (Å²) in [4.78, 5) is 11.3. The minimum atomic E-state index is -0.380. The van der Waals surface area contributed by atoms with Crippen LogP contribution in [0.25, 0.3) is 0 Å². The van der Waals surface area contributed by atoms with Crippen LogP contribution in [0.2, 0.25) is 0 Å². The van der Waals surface area contributed by atoms with Gasteiger partial charge in [0.1, 0.15) is 0 Å². The summed E-state index contributed by atoms with van der Waals surface area (Å²) < 4.78 is 0. The van der Waals surface area contributed by atoms with Gasteiger partial charge >= 0.3 is 0 Å². The van der Waals surface area contributed by atoms with Gasteiger partial charge in [0.25, 0.3) is 0 Å². The van der Waals surface area contributed by atoms with E-state index in [1.54, 1.807) is 6.08 Å². The van der Waals surface area contributed by atoms with E-state index in [-0.39, 0.29) is 11.9 Å². The van der Waals surface area contributed by atoms with E-state index in [1.807, 2.05) is 0 Å². The van der Waals surface area contributed by atoms with E-state index >= 15 is 0 Å². The van der Waals surface area contributed by atoms with E-state index in [0.29, 0.717) is 12.8 Å².